The number of carboxylic acid groups (broad SMARTS) is 1. The molecule has 0 saturated carbocycles. The van der Waals surface area contributed by atoms with Gasteiger partial charge in [0.2, 0.25) is 0 Å². The van der Waals surface area contributed by atoms with Gasteiger partial charge in [-0.1, -0.05) is 6.92 Å². The van der Waals surface area contributed by atoms with Crippen LogP contribution in [0.3, 0.4) is 0 Å². The first kappa shape index (κ1) is 14.2. The molecule has 104 valence electrons. The number of nitrogens with one attached hydrogen (secondary N) is 1. The number of benzene rings is 1. The van der Waals surface area contributed by atoms with E-state index in [0.717, 1.165) is 23.4 Å². The fourth-order valence-corrected chi connectivity index (χ4v) is 2.49. The van der Waals surface area contributed by atoms with Gasteiger partial charge in [-0.2, -0.15) is 0 Å². The minimum absolute atomic E-state index is 0.226. The molecule has 0 unspecified atom stereocenters. The second-order valence-electron chi connectivity index (χ2n) is 4.07. The predicted octanol–water partition coefficient (Wildman–Crippen LogP) is 3.40. The van der Waals surface area contributed by atoms with Crippen LogP contribution in [0.4, 0.5) is 10.1 Å². The van der Waals surface area contributed by atoms with E-state index in [4.69, 9.17) is 5.11 Å². The summed E-state index contributed by atoms with van der Waals surface area (Å²) >= 11 is 1.37. The minimum Gasteiger partial charge on any atom is -0.478 e. The van der Waals surface area contributed by atoms with Crippen LogP contribution in [-0.4, -0.2) is 17.0 Å². The number of anilines is 1. The summed E-state index contributed by atoms with van der Waals surface area (Å²) in [5, 5.41) is 11.3. The van der Waals surface area contributed by atoms with Crippen molar-refractivity contribution in [2.24, 2.45) is 0 Å². The quantitative estimate of drug-likeness (QED) is 0.908. The first-order valence-electron chi connectivity index (χ1n) is 5.94. The van der Waals surface area contributed by atoms with Crippen LogP contribution >= 0.6 is 11.3 Å². The van der Waals surface area contributed by atoms with E-state index in [-0.39, 0.29) is 11.6 Å². The van der Waals surface area contributed by atoms with Gasteiger partial charge in [-0.15, -0.1) is 11.3 Å². The first-order valence-corrected chi connectivity index (χ1v) is 6.75. The van der Waals surface area contributed by atoms with Gasteiger partial charge in [-0.3, -0.25) is 4.79 Å². The smallest absolute Gasteiger partial charge is 0.338 e. The van der Waals surface area contributed by atoms with Crippen LogP contribution in [0.15, 0.2) is 30.3 Å². The van der Waals surface area contributed by atoms with Crippen molar-refractivity contribution in [3.05, 3.63) is 51.5 Å². The van der Waals surface area contributed by atoms with E-state index < -0.39 is 17.3 Å². The molecule has 6 heteroatoms. The molecule has 0 aliphatic heterocycles. The lowest BCUT2D eigenvalue weighted by Crippen LogP contribution is -2.11. The fraction of sp³-hybridized carbons (Fsp3) is 0.143. The van der Waals surface area contributed by atoms with Crippen molar-refractivity contribution in [1.82, 2.24) is 0 Å². The van der Waals surface area contributed by atoms with Crippen LogP contribution in [0, 0.1) is 5.82 Å². The molecule has 0 saturated heterocycles. The number of carbonyl (C=O) groups excluding carboxylic acids is 1. The lowest BCUT2D eigenvalue weighted by Gasteiger charge is -2.05. The molecule has 20 heavy (non-hydrogen) atoms. The van der Waals surface area contributed by atoms with Crippen LogP contribution in [0.25, 0.3) is 0 Å². The predicted molar refractivity (Wildman–Crippen MR) is 75.0 cm³/mol. The van der Waals surface area contributed by atoms with E-state index in [9.17, 15) is 14.0 Å². The molecule has 0 aliphatic carbocycles. The fourth-order valence-electron chi connectivity index (χ4n) is 1.65. The molecule has 0 atom stereocenters. The molecule has 0 radical (unpaired) electrons. The number of halogens is 1. The van der Waals surface area contributed by atoms with E-state index in [1.54, 1.807) is 6.07 Å². The Labute approximate surface area is 118 Å². The van der Waals surface area contributed by atoms with Gasteiger partial charge < -0.3 is 10.4 Å². The molecule has 2 rings (SSSR count). The van der Waals surface area contributed by atoms with E-state index >= 15 is 0 Å². The summed E-state index contributed by atoms with van der Waals surface area (Å²) < 4.78 is 13.5. The Morgan fingerprint density at radius 1 is 1.30 bits per heavy atom. The second kappa shape index (κ2) is 5.83. The first-order chi connectivity index (χ1) is 9.51. The standard InChI is InChI=1S/C14H12FNO3S/c1-2-9-4-6-12(20-9)13(17)16-8-3-5-10(14(18)19)11(15)7-8/h3-7H,2H2,1H3,(H,16,17)(H,18,19). The zero-order valence-corrected chi connectivity index (χ0v) is 11.5. The SMILES string of the molecule is CCc1ccc(C(=O)Nc2ccc(C(=O)O)c(F)c2)s1. The molecule has 0 spiro atoms. The number of carboxylic acids is 1. The highest BCUT2D eigenvalue weighted by molar-refractivity contribution is 7.14. The lowest BCUT2D eigenvalue weighted by molar-refractivity contribution is 0.0692. The monoisotopic (exact) mass is 293 g/mol. The third-order valence-corrected chi connectivity index (χ3v) is 3.92. The van der Waals surface area contributed by atoms with E-state index in [1.807, 2.05) is 13.0 Å². The maximum Gasteiger partial charge on any atom is 0.338 e. The largest absolute Gasteiger partial charge is 0.478 e. The summed E-state index contributed by atoms with van der Waals surface area (Å²) in [6.45, 7) is 1.99. The molecule has 1 amide bonds. The molecular weight excluding hydrogens is 281 g/mol. The van der Waals surface area contributed by atoms with E-state index in [0.29, 0.717) is 4.88 Å². The number of aryl methyl sites for hydroxylation is 1. The number of amides is 1. The Kier molecular flexibility index (Phi) is 4.14. The highest BCUT2D eigenvalue weighted by atomic mass is 32.1. The van der Waals surface area contributed by atoms with E-state index in [2.05, 4.69) is 5.32 Å². The summed E-state index contributed by atoms with van der Waals surface area (Å²) in [6.07, 6.45) is 0.847. The lowest BCUT2D eigenvalue weighted by atomic mass is 10.2. The summed E-state index contributed by atoms with van der Waals surface area (Å²) in [4.78, 5) is 24.2. The van der Waals surface area contributed by atoms with Crippen molar-refractivity contribution in [1.29, 1.82) is 0 Å². The molecule has 0 aliphatic rings. The van der Waals surface area contributed by atoms with Crippen LogP contribution in [0.5, 0.6) is 0 Å². The Morgan fingerprint density at radius 3 is 2.60 bits per heavy atom. The van der Waals surface area contributed by atoms with Crippen LogP contribution < -0.4 is 5.32 Å². The molecule has 2 N–H and O–H groups in total. The second-order valence-corrected chi connectivity index (χ2v) is 5.24. The Bertz CT molecular complexity index is 666. The number of carbonyl (C=O) groups is 2. The molecule has 0 fully saturated rings. The Morgan fingerprint density at radius 2 is 2.05 bits per heavy atom. The average Bonchev–Trinajstić information content (AvgIpc) is 2.87. The van der Waals surface area contributed by atoms with E-state index in [1.165, 1.54) is 17.4 Å². The number of rotatable bonds is 4. The minimum atomic E-state index is -1.34. The highest BCUT2D eigenvalue weighted by Gasteiger charge is 2.13. The normalized spacial score (nSPS) is 10.3. The Balaban J connectivity index is 2.15. The van der Waals surface area contributed by atoms with Gasteiger partial charge in [0, 0.05) is 10.6 Å². The number of hydrogen-bond donors (Lipinski definition) is 2. The van der Waals surface area contributed by atoms with Crippen LogP contribution in [-0.2, 0) is 6.42 Å². The van der Waals surface area contributed by atoms with Crippen molar-refractivity contribution in [3.8, 4) is 0 Å². The molecule has 0 bridgehead atoms. The average molecular weight is 293 g/mol. The maximum absolute atomic E-state index is 13.5. The number of aromatic carboxylic acids is 1. The third-order valence-electron chi connectivity index (χ3n) is 2.69. The van der Waals surface area contributed by atoms with Crippen LogP contribution in [0.1, 0.15) is 31.8 Å². The molecule has 1 aromatic carbocycles. The molecule has 1 heterocycles. The van der Waals surface area contributed by atoms with Gasteiger partial charge in [-0.25, -0.2) is 9.18 Å². The third kappa shape index (κ3) is 3.03. The van der Waals surface area contributed by atoms with Crippen molar-refractivity contribution < 1.29 is 19.1 Å². The summed E-state index contributed by atoms with van der Waals surface area (Å²) in [7, 11) is 0. The zero-order chi connectivity index (χ0) is 14.7. The van der Waals surface area contributed by atoms with Gasteiger partial charge in [0.15, 0.2) is 0 Å². The zero-order valence-electron chi connectivity index (χ0n) is 10.6. The van der Waals surface area contributed by atoms with Crippen LogP contribution in [0.2, 0.25) is 0 Å². The summed E-state index contributed by atoms with van der Waals surface area (Å²) in [5.74, 6) is -2.56. The number of thiophene rings is 1. The molecule has 1 aromatic heterocycles. The molecule has 4 nitrogen and oxygen atoms in total. The number of hydrogen-bond acceptors (Lipinski definition) is 3. The highest BCUT2D eigenvalue weighted by Crippen LogP contribution is 2.20. The van der Waals surface area contributed by atoms with Crippen molar-refractivity contribution in [3.63, 3.8) is 0 Å². The molecular formula is C14H12FNO3S. The van der Waals surface area contributed by atoms with Gasteiger partial charge in [-0.05, 0) is 36.8 Å². The van der Waals surface area contributed by atoms with Gasteiger partial charge in [0.05, 0.1) is 10.4 Å². The Hall–Kier alpha value is -2.21. The van der Waals surface area contributed by atoms with Crippen molar-refractivity contribution >= 4 is 28.9 Å². The van der Waals surface area contributed by atoms with Crippen molar-refractivity contribution in [2.75, 3.05) is 5.32 Å². The molecule has 2 aromatic rings. The van der Waals surface area contributed by atoms with Gasteiger partial charge >= 0.3 is 5.97 Å². The summed E-state index contributed by atoms with van der Waals surface area (Å²) in [6, 6.07) is 7.06. The van der Waals surface area contributed by atoms with Gasteiger partial charge in [0.25, 0.3) is 5.91 Å². The van der Waals surface area contributed by atoms with Gasteiger partial charge in [0.1, 0.15) is 5.82 Å². The summed E-state index contributed by atoms with van der Waals surface area (Å²) in [5.41, 5.74) is -0.198. The van der Waals surface area contributed by atoms with Crippen molar-refractivity contribution in [2.45, 2.75) is 13.3 Å². The topological polar surface area (TPSA) is 66.4 Å². The maximum atomic E-state index is 13.5.